The normalized spacial score (nSPS) is 43.4. The van der Waals surface area contributed by atoms with Crippen molar-refractivity contribution in [2.45, 2.75) is 58.0 Å². The van der Waals surface area contributed by atoms with Gasteiger partial charge in [0.25, 0.3) is 0 Å². The van der Waals surface area contributed by atoms with Crippen LogP contribution in [0, 0.1) is 11.8 Å². The molecular weight excluding hydrogens is 208 g/mol. The summed E-state index contributed by atoms with van der Waals surface area (Å²) in [6.07, 6.45) is 7.28. The third kappa shape index (κ3) is 2.04. The lowest BCUT2D eigenvalue weighted by molar-refractivity contribution is -0.0603. The van der Waals surface area contributed by atoms with Crippen molar-refractivity contribution in [1.29, 1.82) is 0 Å². The maximum atomic E-state index is 2.85. The molecular formula is C15H28N2. The quantitative estimate of drug-likeness (QED) is 0.727. The SMILES string of the molecule is CCC1C2CC(CN1CC)C1CCCCN1C2. The van der Waals surface area contributed by atoms with Crippen molar-refractivity contribution in [3.05, 3.63) is 0 Å². The Kier molecular flexibility index (Phi) is 3.45. The minimum absolute atomic E-state index is 0.874. The standard InChI is InChI=1S/C15H28N2/c1-3-14-12-9-13(10-16(14)4-2)15-7-5-6-8-17(15)11-12/h12-15H,3-11H2,1-2H3. The van der Waals surface area contributed by atoms with Gasteiger partial charge in [-0.05, 0) is 50.6 Å². The zero-order valence-electron chi connectivity index (χ0n) is 11.6. The van der Waals surface area contributed by atoms with E-state index < -0.39 is 0 Å². The maximum Gasteiger partial charge on any atom is 0.0136 e. The van der Waals surface area contributed by atoms with Crippen LogP contribution in [0.2, 0.25) is 0 Å². The van der Waals surface area contributed by atoms with Crippen LogP contribution in [0.15, 0.2) is 0 Å². The highest BCUT2D eigenvalue weighted by molar-refractivity contribution is 4.99. The molecule has 0 aliphatic carbocycles. The van der Waals surface area contributed by atoms with E-state index in [0.717, 1.165) is 23.9 Å². The lowest BCUT2D eigenvalue weighted by Crippen LogP contribution is -2.62. The summed E-state index contributed by atoms with van der Waals surface area (Å²) in [6.45, 7) is 10.2. The molecule has 3 saturated heterocycles. The van der Waals surface area contributed by atoms with E-state index in [4.69, 9.17) is 0 Å². The van der Waals surface area contributed by atoms with Gasteiger partial charge in [-0.2, -0.15) is 0 Å². The fourth-order valence-corrected chi connectivity index (χ4v) is 4.86. The first kappa shape index (κ1) is 12.0. The molecule has 0 spiro atoms. The van der Waals surface area contributed by atoms with Gasteiger partial charge in [-0.25, -0.2) is 0 Å². The van der Waals surface area contributed by atoms with E-state index in [1.165, 1.54) is 58.3 Å². The zero-order chi connectivity index (χ0) is 11.8. The Morgan fingerprint density at radius 2 is 1.94 bits per heavy atom. The highest BCUT2D eigenvalue weighted by atomic mass is 15.2. The van der Waals surface area contributed by atoms with Gasteiger partial charge in [0.1, 0.15) is 0 Å². The number of hydrogen-bond acceptors (Lipinski definition) is 2. The first-order chi connectivity index (χ1) is 8.33. The van der Waals surface area contributed by atoms with Crippen molar-refractivity contribution in [3.63, 3.8) is 0 Å². The fraction of sp³-hybridized carbons (Fsp3) is 1.00. The van der Waals surface area contributed by atoms with Gasteiger partial charge in [0.15, 0.2) is 0 Å². The second-order valence-electron chi connectivity index (χ2n) is 6.38. The first-order valence-electron chi connectivity index (χ1n) is 7.81. The van der Waals surface area contributed by atoms with E-state index in [9.17, 15) is 0 Å². The van der Waals surface area contributed by atoms with Crippen molar-refractivity contribution < 1.29 is 0 Å². The summed E-state index contributed by atoms with van der Waals surface area (Å²) >= 11 is 0. The Labute approximate surface area is 106 Å². The van der Waals surface area contributed by atoms with Crippen molar-refractivity contribution in [1.82, 2.24) is 9.80 Å². The Morgan fingerprint density at radius 3 is 2.71 bits per heavy atom. The number of likely N-dealkylation sites (tertiary alicyclic amines) is 1. The molecule has 2 nitrogen and oxygen atoms in total. The van der Waals surface area contributed by atoms with E-state index in [0.29, 0.717) is 0 Å². The Hall–Kier alpha value is -0.0800. The molecule has 3 rings (SSSR count). The van der Waals surface area contributed by atoms with Gasteiger partial charge in [-0.1, -0.05) is 20.3 Å². The lowest BCUT2D eigenvalue weighted by atomic mass is 9.72. The van der Waals surface area contributed by atoms with E-state index in [2.05, 4.69) is 23.6 Å². The van der Waals surface area contributed by atoms with Crippen LogP contribution in [-0.4, -0.2) is 48.1 Å². The monoisotopic (exact) mass is 236 g/mol. The minimum Gasteiger partial charge on any atom is -0.300 e. The van der Waals surface area contributed by atoms with Crippen LogP contribution in [0.3, 0.4) is 0 Å². The largest absolute Gasteiger partial charge is 0.300 e. The summed E-state index contributed by atoms with van der Waals surface area (Å²) < 4.78 is 0. The van der Waals surface area contributed by atoms with Gasteiger partial charge in [-0.3, -0.25) is 4.90 Å². The minimum atomic E-state index is 0.874. The molecule has 0 radical (unpaired) electrons. The number of piperidine rings is 3. The molecule has 17 heavy (non-hydrogen) atoms. The van der Waals surface area contributed by atoms with Gasteiger partial charge in [-0.15, -0.1) is 0 Å². The van der Waals surface area contributed by atoms with Crippen molar-refractivity contribution >= 4 is 0 Å². The van der Waals surface area contributed by atoms with Gasteiger partial charge >= 0.3 is 0 Å². The number of nitrogens with zero attached hydrogens (tertiary/aromatic N) is 2. The second-order valence-corrected chi connectivity index (χ2v) is 6.38. The Balaban J connectivity index is 1.77. The number of rotatable bonds is 2. The lowest BCUT2D eigenvalue weighted by Gasteiger charge is -2.55. The molecule has 4 atom stereocenters. The number of fused-ring (bicyclic) bond motifs is 4. The highest BCUT2D eigenvalue weighted by Crippen LogP contribution is 2.40. The fourth-order valence-electron chi connectivity index (χ4n) is 4.86. The van der Waals surface area contributed by atoms with Gasteiger partial charge < -0.3 is 4.90 Å². The number of hydrogen-bond donors (Lipinski definition) is 0. The Morgan fingerprint density at radius 1 is 1.06 bits per heavy atom. The summed E-state index contributed by atoms with van der Waals surface area (Å²) in [6, 6.07) is 1.81. The molecule has 0 amide bonds. The van der Waals surface area contributed by atoms with Crippen molar-refractivity contribution in [2.75, 3.05) is 26.2 Å². The molecule has 0 saturated carbocycles. The molecule has 98 valence electrons. The van der Waals surface area contributed by atoms with Crippen LogP contribution in [0.25, 0.3) is 0 Å². The predicted octanol–water partition coefficient (Wildman–Crippen LogP) is 2.59. The topological polar surface area (TPSA) is 6.48 Å². The highest BCUT2D eigenvalue weighted by Gasteiger charge is 2.44. The van der Waals surface area contributed by atoms with E-state index in [-0.39, 0.29) is 0 Å². The molecule has 4 unspecified atom stereocenters. The summed E-state index contributed by atoms with van der Waals surface area (Å²) in [5.41, 5.74) is 0. The molecule has 3 aliphatic rings. The van der Waals surface area contributed by atoms with E-state index >= 15 is 0 Å². The van der Waals surface area contributed by atoms with E-state index in [1.54, 1.807) is 0 Å². The summed E-state index contributed by atoms with van der Waals surface area (Å²) in [7, 11) is 0. The van der Waals surface area contributed by atoms with Crippen molar-refractivity contribution in [3.8, 4) is 0 Å². The zero-order valence-corrected chi connectivity index (χ0v) is 11.6. The smallest absolute Gasteiger partial charge is 0.0136 e. The summed E-state index contributed by atoms with van der Waals surface area (Å²) in [5, 5.41) is 0. The molecule has 0 aromatic carbocycles. The average Bonchev–Trinajstić information content (AvgIpc) is 2.38. The summed E-state index contributed by atoms with van der Waals surface area (Å²) in [4.78, 5) is 5.63. The Bertz CT molecular complexity index is 254. The van der Waals surface area contributed by atoms with Gasteiger partial charge in [0.2, 0.25) is 0 Å². The third-order valence-corrected chi connectivity index (χ3v) is 5.59. The predicted molar refractivity (Wildman–Crippen MR) is 72.1 cm³/mol. The van der Waals surface area contributed by atoms with Crippen LogP contribution in [0.4, 0.5) is 0 Å². The summed E-state index contributed by atoms with van der Waals surface area (Å²) in [5.74, 6) is 1.95. The molecule has 0 aromatic rings. The molecule has 0 aromatic heterocycles. The average molecular weight is 236 g/mol. The van der Waals surface area contributed by atoms with Gasteiger partial charge in [0.05, 0.1) is 0 Å². The van der Waals surface area contributed by atoms with Crippen LogP contribution in [0.1, 0.15) is 46.0 Å². The van der Waals surface area contributed by atoms with E-state index in [1.807, 2.05) is 0 Å². The van der Waals surface area contributed by atoms with Crippen LogP contribution in [0.5, 0.6) is 0 Å². The van der Waals surface area contributed by atoms with Gasteiger partial charge in [0, 0.05) is 25.2 Å². The molecule has 3 fully saturated rings. The third-order valence-electron chi connectivity index (χ3n) is 5.59. The maximum absolute atomic E-state index is 2.85. The van der Waals surface area contributed by atoms with Crippen LogP contribution >= 0.6 is 0 Å². The molecule has 0 N–H and O–H groups in total. The molecule has 2 bridgehead atoms. The molecule has 3 aliphatic heterocycles. The van der Waals surface area contributed by atoms with Crippen molar-refractivity contribution in [2.24, 2.45) is 11.8 Å². The molecule has 2 heteroatoms. The first-order valence-corrected chi connectivity index (χ1v) is 7.81. The van der Waals surface area contributed by atoms with Crippen LogP contribution < -0.4 is 0 Å². The van der Waals surface area contributed by atoms with Crippen LogP contribution in [-0.2, 0) is 0 Å². The second kappa shape index (κ2) is 4.89. The molecule has 3 heterocycles.